The van der Waals surface area contributed by atoms with E-state index in [1.807, 2.05) is 33.8 Å². The lowest BCUT2D eigenvalue weighted by atomic mass is 10.2. The first-order valence-corrected chi connectivity index (χ1v) is 6.74. The van der Waals surface area contributed by atoms with E-state index in [0.717, 1.165) is 0 Å². The summed E-state index contributed by atoms with van der Waals surface area (Å²) in [4.78, 5) is 24.8. The Balaban J connectivity index is 0.000000741. The van der Waals surface area contributed by atoms with Crippen molar-refractivity contribution in [2.75, 3.05) is 4.90 Å². The molecule has 0 unspecified atom stereocenters. The zero-order valence-electron chi connectivity index (χ0n) is 12.7. The number of benzene rings is 1. The number of hydrogen-bond acceptors (Lipinski definition) is 2. The van der Waals surface area contributed by atoms with Crippen molar-refractivity contribution in [3.05, 3.63) is 41.5 Å². The molecule has 0 aromatic heterocycles. The Labute approximate surface area is 115 Å². The van der Waals surface area contributed by atoms with Gasteiger partial charge in [-0.2, -0.15) is 0 Å². The summed E-state index contributed by atoms with van der Waals surface area (Å²) in [5, 5.41) is 0. The zero-order valence-corrected chi connectivity index (χ0v) is 12.7. The second-order valence-electron chi connectivity index (χ2n) is 3.53. The first-order chi connectivity index (χ1) is 9.13. The summed E-state index contributed by atoms with van der Waals surface area (Å²) in [6.45, 7) is 11.4. The fourth-order valence-corrected chi connectivity index (χ4v) is 1.56. The van der Waals surface area contributed by atoms with Crippen molar-refractivity contribution in [2.45, 2.75) is 41.5 Å². The van der Waals surface area contributed by atoms with Gasteiger partial charge in [0, 0.05) is 11.1 Å². The smallest absolute Gasteiger partial charge is 0.261 e. The zero-order chi connectivity index (χ0) is 15.0. The summed E-state index contributed by atoms with van der Waals surface area (Å²) >= 11 is 0. The van der Waals surface area contributed by atoms with Gasteiger partial charge in [-0.3, -0.25) is 9.59 Å². The Hall–Kier alpha value is -1.90. The minimum Gasteiger partial charge on any atom is -0.269 e. The fraction of sp³-hybridized carbons (Fsp3) is 0.375. The van der Waals surface area contributed by atoms with E-state index < -0.39 is 0 Å². The van der Waals surface area contributed by atoms with Crippen molar-refractivity contribution < 1.29 is 9.59 Å². The predicted octanol–water partition coefficient (Wildman–Crippen LogP) is 3.95. The summed E-state index contributed by atoms with van der Waals surface area (Å²) in [5.41, 5.74) is 1.69. The van der Waals surface area contributed by atoms with Gasteiger partial charge in [-0.05, 0) is 26.0 Å². The van der Waals surface area contributed by atoms with Gasteiger partial charge in [0.1, 0.15) is 0 Å². The molecule has 0 radical (unpaired) electrons. The normalized spacial score (nSPS) is 13.7. The van der Waals surface area contributed by atoms with E-state index in [2.05, 4.69) is 0 Å². The molecule has 2 rings (SSSR count). The van der Waals surface area contributed by atoms with Crippen LogP contribution in [0.5, 0.6) is 0 Å². The lowest BCUT2D eigenvalue weighted by molar-refractivity contribution is -0.120. The average molecular weight is 261 g/mol. The number of imide groups is 1. The standard InChI is InChI=1S/C12H11NO2.2C2H6/c1-8-9(2)12(15)13(11(8)14)10-6-4-3-5-7-10;2*1-2/h3-7H,1-2H3;2*1-2H3. The van der Waals surface area contributed by atoms with Gasteiger partial charge < -0.3 is 0 Å². The average Bonchev–Trinajstić information content (AvgIpc) is 2.68. The molecule has 0 bridgehead atoms. The quantitative estimate of drug-likeness (QED) is 0.718. The van der Waals surface area contributed by atoms with Crippen LogP contribution in [0.25, 0.3) is 0 Å². The molecule has 1 aromatic carbocycles. The van der Waals surface area contributed by atoms with Crippen molar-refractivity contribution in [1.82, 2.24) is 0 Å². The number of rotatable bonds is 1. The lowest BCUT2D eigenvalue weighted by Crippen LogP contribution is -2.31. The van der Waals surface area contributed by atoms with Crippen molar-refractivity contribution >= 4 is 17.5 Å². The molecule has 0 N–H and O–H groups in total. The van der Waals surface area contributed by atoms with Crippen LogP contribution in [0.4, 0.5) is 5.69 Å². The molecule has 1 aromatic rings. The maximum atomic E-state index is 11.8. The molecule has 19 heavy (non-hydrogen) atoms. The van der Waals surface area contributed by atoms with Crippen LogP contribution in [0.3, 0.4) is 0 Å². The van der Waals surface area contributed by atoms with Crippen LogP contribution in [0.15, 0.2) is 41.5 Å². The Morgan fingerprint density at radius 2 is 1.11 bits per heavy atom. The molecule has 2 amide bonds. The maximum Gasteiger partial charge on any atom is 0.261 e. The largest absolute Gasteiger partial charge is 0.269 e. The van der Waals surface area contributed by atoms with Crippen LogP contribution in [-0.4, -0.2) is 11.8 Å². The highest BCUT2D eigenvalue weighted by Crippen LogP contribution is 2.25. The Morgan fingerprint density at radius 3 is 1.47 bits per heavy atom. The molecule has 104 valence electrons. The highest BCUT2D eigenvalue weighted by atomic mass is 16.2. The highest BCUT2D eigenvalue weighted by Gasteiger charge is 2.34. The van der Waals surface area contributed by atoms with Crippen molar-refractivity contribution in [3.8, 4) is 0 Å². The minimum absolute atomic E-state index is 0.219. The van der Waals surface area contributed by atoms with Crippen molar-refractivity contribution in [1.29, 1.82) is 0 Å². The lowest BCUT2D eigenvalue weighted by Gasteiger charge is -2.14. The van der Waals surface area contributed by atoms with Gasteiger partial charge in [0.2, 0.25) is 0 Å². The summed E-state index contributed by atoms with van der Waals surface area (Å²) in [7, 11) is 0. The summed E-state index contributed by atoms with van der Waals surface area (Å²) in [5.74, 6) is -0.438. The van der Waals surface area contributed by atoms with Crippen LogP contribution >= 0.6 is 0 Å². The Kier molecular flexibility index (Phi) is 7.42. The molecule has 0 atom stereocenters. The second-order valence-corrected chi connectivity index (χ2v) is 3.53. The van der Waals surface area contributed by atoms with E-state index in [0.29, 0.717) is 16.8 Å². The third-order valence-electron chi connectivity index (χ3n) is 2.62. The highest BCUT2D eigenvalue weighted by molar-refractivity contribution is 6.32. The fourth-order valence-electron chi connectivity index (χ4n) is 1.56. The molecule has 3 nitrogen and oxygen atoms in total. The first-order valence-electron chi connectivity index (χ1n) is 6.74. The van der Waals surface area contributed by atoms with Gasteiger partial charge >= 0.3 is 0 Å². The van der Waals surface area contributed by atoms with E-state index >= 15 is 0 Å². The van der Waals surface area contributed by atoms with Gasteiger partial charge in [0.15, 0.2) is 0 Å². The van der Waals surface area contributed by atoms with Crippen molar-refractivity contribution in [3.63, 3.8) is 0 Å². The number of anilines is 1. The molecular formula is C16H23NO2. The van der Waals surface area contributed by atoms with E-state index in [1.54, 1.807) is 38.1 Å². The molecule has 0 saturated carbocycles. The maximum absolute atomic E-state index is 11.8. The summed E-state index contributed by atoms with van der Waals surface area (Å²) in [6.07, 6.45) is 0. The summed E-state index contributed by atoms with van der Waals surface area (Å²) < 4.78 is 0. The number of hydrogen-bond donors (Lipinski definition) is 0. The molecule has 3 heteroatoms. The van der Waals surface area contributed by atoms with Gasteiger partial charge in [0.25, 0.3) is 11.8 Å². The first kappa shape index (κ1) is 17.1. The van der Waals surface area contributed by atoms with Gasteiger partial charge in [-0.25, -0.2) is 4.90 Å². The third kappa shape index (κ3) is 3.53. The predicted molar refractivity (Wildman–Crippen MR) is 80.0 cm³/mol. The number of nitrogens with zero attached hydrogens (tertiary/aromatic N) is 1. The molecular weight excluding hydrogens is 238 g/mol. The van der Waals surface area contributed by atoms with Crippen LogP contribution in [0, 0.1) is 0 Å². The van der Waals surface area contributed by atoms with Gasteiger partial charge in [0.05, 0.1) is 5.69 Å². The van der Waals surface area contributed by atoms with E-state index in [1.165, 1.54) is 4.90 Å². The van der Waals surface area contributed by atoms with E-state index in [4.69, 9.17) is 0 Å². The second kappa shape index (κ2) is 8.25. The molecule has 0 saturated heterocycles. The summed E-state index contributed by atoms with van der Waals surface area (Å²) in [6, 6.07) is 8.96. The van der Waals surface area contributed by atoms with Crippen LogP contribution in [0.2, 0.25) is 0 Å². The van der Waals surface area contributed by atoms with Crippen LogP contribution in [0.1, 0.15) is 41.5 Å². The molecule has 1 aliphatic rings. The third-order valence-corrected chi connectivity index (χ3v) is 2.62. The number of carbonyl (C=O) groups is 2. The monoisotopic (exact) mass is 261 g/mol. The Morgan fingerprint density at radius 1 is 0.737 bits per heavy atom. The topological polar surface area (TPSA) is 37.4 Å². The number of amides is 2. The van der Waals surface area contributed by atoms with Gasteiger partial charge in [-0.1, -0.05) is 45.9 Å². The van der Waals surface area contributed by atoms with E-state index in [-0.39, 0.29) is 11.8 Å². The van der Waals surface area contributed by atoms with Gasteiger partial charge in [-0.15, -0.1) is 0 Å². The molecule has 0 spiro atoms. The van der Waals surface area contributed by atoms with Crippen LogP contribution < -0.4 is 4.90 Å². The SMILES string of the molecule is CC.CC.CC1=C(C)C(=O)N(c2ccccc2)C1=O. The molecule has 0 aliphatic carbocycles. The minimum atomic E-state index is -0.219. The van der Waals surface area contributed by atoms with E-state index in [9.17, 15) is 9.59 Å². The Bertz CT molecular complexity index is 437. The van der Waals surface area contributed by atoms with Crippen LogP contribution in [-0.2, 0) is 9.59 Å². The number of carbonyl (C=O) groups excluding carboxylic acids is 2. The van der Waals surface area contributed by atoms with Crippen molar-refractivity contribution in [2.24, 2.45) is 0 Å². The molecule has 1 aliphatic heterocycles. The number of para-hydroxylation sites is 1. The molecule has 0 fully saturated rings. The molecule has 1 heterocycles.